The molecule has 2 aromatic heterocycles. The van der Waals surface area contributed by atoms with E-state index >= 15 is 0 Å². The number of H-pyrrole nitrogens is 1. The Labute approximate surface area is 159 Å². The Morgan fingerprint density at radius 3 is 2.68 bits per heavy atom. The lowest BCUT2D eigenvalue weighted by Gasteiger charge is -2.07. The van der Waals surface area contributed by atoms with Crippen molar-refractivity contribution in [3.63, 3.8) is 0 Å². The Kier molecular flexibility index (Phi) is 4.19. The fourth-order valence-electron chi connectivity index (χ4n) is 3.19. The van der Waals surface area contributed by atoms with Crippen molar-refractivity contribution in [2.45, 2.75) is 13.5 Å². The summed E-state index contributed by atoms with van der Waals surface area (Å²) in [6.45, 7) is 2.16. The Hall–Kier alpha value is -3.88. The molecule has 2 heterocycles. The van der Waals surface area contributed by atoms with E-state index in [0.717, 1.165) is 11.4 Å². The third-order valence-corrected chi connectivity index (χ3v) is 4.71. The topological polar surface area (TPSA) is 111 Å². The first kappa shape index (κ1) is 17.5. The van der Waals surface area contributed by atoms with Crippen LogP contribution in [0.15, 0.2) is 53.3 Å². The summed E-state index contributed by atoms with van der Waals surface area (Å²) in [6.07, 6.45) is 0. The van der Waals surface area contributed by atoms with Gasteiger partial charge in [-0.15, -0.1) is 0 Å². The molecule has 0 spiro atoms. The van der Waals surface area contributed by atoms with Crippen LogP contribution in [0, 0.1) is 17.0 Å². The van der Waals surface area contributed by atoms with E-state index in [0.29, 0.717) is 22.5 Å². The second-order valence-electron chi connectivity index (χ2n) is 6.43. The molecule has 0 amide bonds. The van der Waals surface area contributed by atoms with Crippen LogP contribution in [0.4, 0.5) is 11.4 Å². The summed E-state index contributed by atoms with van der Waals surface area (Å²) in [7, 11) is 1.83. The predicted molar refractivity (Wildman–Crippen MR) is 106 cm³/mol. The molecule has 0 unspecified atom stereocenters. The van der Waals surface area contributed by atoms with Crippen LogP contribution in [0.1, 0.15) is 11.5 Å². The maximum Gasteiger partial charge on any atom is 0.295 e. The largest absolute Gasteiger partial charge is 0.372 e. The van der Waals surface area contributed by atoms with Crippen molar-refractivity contribution in [2.24, 2.45) is 7.05 Å². The maximum absolute atomic E-state index is 12.9. The van der Waals surface area contributed by atoms with Gasteiger partial charge in [-0.25, -0.2) is 9.67 Å². The molecule has 4 aromatic rings. The van der Waals surface area contributed by atoms with E-state index in [1.54, 1.807) is 15.4 Å². The monoisotopic (exact) mass is 378 g/mol. The third kappa shape index (κ3) is 2.92. The SMILES string of the molecule is Cc1c(NCc2nc3ccc([N+](=O)[O-])cc3[nH]2)c(=O)n(-c2ccccc2)n1C. The first-order chi connectivity index (χ1) is 13.5. The molecule has 0 saturated carbocycles. The highest BCUT2D eigenvalue weighted by molar-refractivity contribution is 5.77. The number of hydrogen-bond acceptors (Lipinski definition) is 5. The zero-order valence-electron chi connectivity index (χ0n) is 15.3. The van der Waals surface area contributed by atoms with Gasteiger partial charge in [-0.05, 0) is 25.1 Å². The number of aromatic amines is 1. The van der Waals surface area contributed by atoms with Crippen molar-refractivity contribution < 1.29 is 4.92 Å². The summed E-state index contributed by atoms with van der Waals surface area (Å²) < 4.78 is 3.39. The maximum atomic E-state index is 12.9. The van der Waals surface area contributed by atoms with Gasteiger partial charge in [0.1, 0.15) is 11.5 Å². The van der Waals surface area contributed by atoms with Crippen LogP contribution < -0.4 is 10.9 Å². The second kappa shape index (κ2) is 6.69. The molecule has 0 fully saturated rings. The molecule has 0 atom stereocenters. The van der Waals surface area contributed by atoms with Gasteiger partial charge >= 0.3 is 0 Å². The average Bonchev–Trinajstić information content (AvgIpc) is 3.19. The van der Waals surface area contributed by atoms with Crippen LogP contribution >= 0.6 is 0 Å². The van der Waals surface area contributed by atoms with E-state index in [1.807, 2.05) is 44.3 Å². The van der Waals surface area contributed by atoms with Gasteiger partial charge in [-0.2, -0.15) is 0 Å². The Morgan fingerprint density at radius 2 is 1.96 bits per heavy atom. The lowest BCUT2D eigenvalue weighted by molar-refractivity contribution is -0.384. The molecule has 4 rings (SSSR count). The summed E-state index contributed by atoms with van der Waals surface area (Å²) in [5, 5.41) is 14.1. The lowest BCUT2D eigenvalue weighted by Crippen LogP contribution is -2.21. The number of non-ortho nitro benzene ring substituents is 1. The number of anilines is 1. The molecule has 0 aliphatic carbocycles. The van der Waals surface area contributed by atoms with E-state index in [4.69, 9.17) is 0 Å². The zero-order valence-corrected chi connectivity index (χ0v) is 15.3. The number of fused-ring (bicyclic) bond motifs is 1. The van der Waals surface area contributed by atoms with Gasteiger partial charge in [0, 0.05) is 19.2 Å². The zero-order chi connectivity index (χ0) is 19.8. The number of hydrogen-bond donors (Lipinski definition) is 2. The molecule has 142 valence electrons. The van der Waals surface area contributed by atoms with E-state index in [9.17, 15) is 14.9 Å². The molecule has 28 heavy (non-hydrogen) atoms. The second-order valence-corrected chi connectivity index (χ2v) is 6.43. The van der Waals surface area contributed by atoms with Gasteiger partial charge in [0.05, 0.1) is 33.9 Å². The molecule has 9 heteroatoms. The van der Waals surface area contributed by atoms with Crippen molar-refractivity contribution in [1.82, 2.24) is 19.3 Å². The molecule has 9 nitrogen and oxygen atoms in total. The van der Waals surface area contributed by atoms with Crippen molar-refractivity contribution in [3.05, 3.63) is 80.5 Å². The fourth-order valence-corrected chi connectivity index (χ4v) is 3.19. The summed E-state index contributed by atoms with van der Waals surface area (Å²) in [5.74, 6) is 0.587. The summed E-state index contributed by atoms with van der Waals surface area (Å²) in [5.41, 5.74) is 3.12. The van der Waals surface area contributed by atoms with Crippen molar-refractivity contribution in [3.8, 4) is 5.69 Å². The molecule has 2 aromatic carbocycles. The molecule has 0 saturated heterocycles. The highest BCUT2D eigenvalue weighted by atomic mass is 16.6. The van der Waals surface area contributed by atoms with E-state index < -0.39 is 4.92 Å². The number of benzene rings is 2. The van der Waals surface area contributed by atoms with Crippen LogP contribution in [0.25, 0.3) is 16.7 Å². The van der Waals surface area contributed by atoms with Gasteiger partial charge in [0.2, 0.25) is 0 Å². The molecule has 0 radical (unpaired) electrons. The highest BCUT2D eigenvalue weighted by Gasteiger charge is 2.16. The highest BCUT2D eigenvalue weighted by Crippen LogP contribution is 2.20. The summed E-state index contributed by atoms with van der Waals surface area (Å²) >= 11 is 0. The quantitative estimate of drug-likeness (QED) is 0.410. The molecule has 2 N–H and O–H groups in total. The van der Waals surface area contributed by atoms with E-state index in [1.165, 1.54) is 12.1 Å². The number of imidazole rings is 1. The van der Waals surface area contributed by atoms with Crippen molar-refractivity contribution in [2.75, 3.05) is 5.32 Å². The number of nitro benzene ring substituents is 1. The summed E-state index contributed by atoms with van der Waals surface area (Å²) in [4.78, 5) is 30.8. The van der Waals surface area contributed by atoms with Crippen LogP contribution in [0.5, 0.6) is 0 Å². The predicted octanol–water partition coefficient (Wildman–Crippen LogP) is 2.88. The molecule has 0 bridgehead atoms. The Balaban J connectivity index is 1.63. The standard InChI is InChI=1S/C19H18N6O3/c1-12-18(19(26)24(23(12)2)13-6-4-3-5-7-13)20-11-17-21-15-9-8-14(25(27)28)10-16(15)22-17/h3-10,20H,11H2,1-2H3,(H,21,22). The molecule has 0 aliphatic heterocycles. The van der Waals surface area contributed by atoms with Gasteiger partial charge in [0.25, 0.3) is 11.2 Å². The third-order valence-electron chi connectivity index (χ3n) is 4.71. The number of nitrogens with zero attached hydrogens (tertiary/aromatic N) is 4. The van der Waals surface area contributed by atoms with Gasteiger partial charge in [0.15, 0.2) is 0 Å². The Bertz CT molecular complexity index is 1240. The summed E-state index contributed by atoms with van der Waals surface area (Å²) in [6, 6.07) is 13.9. The minimum atomic E-state index is -0.447. The van der Waals surface area contributed by atoms with Gasteiger partial charge < -0.3 is 10.3 Å². The molecular weight excluding hydrogens is 360 g/mol. The van der Waals surface area contributed by atoms with Crippen LogP contribution in [0.3, 0.4) is 0 Å². The Morgan fingerprint density at radius 1 is 1.21 bits per heavy atom. The van der Waals surface area contributed by atoms with E-state index in [2.05, 4.69) is 15.3 Å². The lowest BCUT2D eigenvalue weighted by atomic mass is 10.3. The molecule has 0 aliphatic rings. The van der Waals surface area contributed by atoms with Crippen molar-refractivity contribution in [1.29, 1.82) is 0 Å². The number of rotatable bonds is 5. The molecular formula is C19H18N6O3. The van der Waals surface area contributed by atoms with Gasteiger partial charge in [-0.1, -0.05) is 18.2 Å². The number of nitrogens with one attached hydrogen (secondary N) is 2. The first-order valence-corrected chi connectivity index (χ1v) is 8.66. The first-order valence-electron chi connectivity index (χ1n) is 8.66. The van der Waals surface area contributed by atoms with Crippen LogP contribution in [-0.4, -0.2) is 24.3 Å². The van der Waals surface area contributed by atoms with Crippen LogP contribution in [0.2, 0.25) is 0 Å². The van der Waals surface area contributed by atoms with Crippen LogP contribution in [-0.2, 0) is 13.6 Å². The normalized spacial score (nSPS) is 11.1. The smallest absolute Gasteiger partial charge is 0.295 e. The minimum Gasteiger partial charge on any atom is -0.372 e. The fraction of sp³-hybridized carbons (Fsp3) is 0.158. The minimum absolute atomic E-state index is 0.000287. The number of nitro groups is 1. The number of aromatic nitrogens is 4. The van der Waals surface area contributed by atoms with E-state index in [-0.39, 0.29) is 17.8 Å². The van der Waals surface area contributed by atoms with Gasteiger partial charge in [-0.3, -0.25) is 19.6 Å². The average molecular weight is 378 g/mol. The van der Waals surface area contributed by atoms with Crippen molar-refractivity contribution >= 4 is 22.4 Å². The number of para-hydroxylation sites is 1.